The molecule has 4 heteroatoms. The summed E-state index contributed by atoms with van der Waals surface area (Å²) in [6, 6.07) is 0. The molecule has 0 aromatic rings. The molecule has 0 atom stereocenters. The standard InChI is InChI=1S/C8H21N3Si/c1-9-8(10(2)3)11(4)12(5,6)7/h1-7H3. The lowest BCUT2D eigenvalue weighted by Gasteiger charge is -2.35. The Kier molecular flexibility index (Phi) is 3.77. The summed E-state index contributed by atoms with van der Waals surface area (Å²) in [6.45, 7) is 6.92. The van der Waals surface area contributed by atoms with Crippen LogP contribution in [0.3, 0.4) is 0 Å². The molecule has 72 valence electrons. The van der Waals surface area contributed by atoms with Gasteiger partial charge in [-0.2, -0.15) is 0 Å². The topological polar surface area (TPSA) is 18.8 Å². The zero-order valence-electron chi connectivity index (χ0n) is 9.34. The van der Waals surface area contributed by atoms with Crippen LogP contribution in [0.4, 0.5) is 0 Å². The zero-order valence-corrected chi connectivity index (χ0v) is 10.3. The van der Waals surface area contributed by atoms with E-state index in [0.717, 1.165) is 5.96 Å². The lowest BCUT2D eigenvalue weighted by atomic mass is 10.8. The second-order valence-electron chi connectivity index (χ2n) is 4.15. The summed E-state index contributed by atoms with van der Waals surface area (Å²) >= 11 is 0. The van der Waals surface area contributed by atoms with E-state index in [1.165, 1.54) is 0 Å². The van der Waals surface area contributed by atoms with Crippen molar-refractivity contribution in [2.45, 2.75) is 19.6 Å². The third-order valence-electron chi connectivity index (χ3n) is 1.91. The second kappa shape index (κ2) is 3.94. The van der Waals surface area contributed by atoms with Crippen LogP contribution < -0.4 is 0 Å². The van der Waals surface area contributed by atoms with Crippen molar-refractivity contribution in [2.75, 3.05) is 28.2 Å². The van der Waals surface area contributed by atoms with E-state index in [1.54, 1.807) is 0 Å². The molecule has 0 aliphatic carbocycles. The minimum Gasteiger partial charge on any atom is -0.373 e. The van der Waals surface area contributed by atoms with Gasteiger partial charge in [-0.05, 0) is 0 Å². The van der Waals surface area contributed by atoms with Gasteiger partial charge in [0.25, 0.3) is 0 Å². The van der Waals surface area contributed by atoms with E-state index >= 15 is 0 Å². The summed E-state index contributed by atoms with van der Waals surface area (Å²) in [5, 5.41) is 0. The fraction of sp³-hybridized carbons (Fsp3) is 0.875. The zero-order chi connectivity index (χ0) is 9.94. The van der Waals surface area contributed by atoms with Gasteiger partial charge in [0.15, 0.2) is 14.2 Å². The van der Waals surface area contributed by atoms with Gasteiger partial charge in [-0.25, -0.2) is 0 Å². The molecule has 0 spiro atoms. The quantitative estimate of drug-likeness (QED) is 0.350. The van der Waals surface area contributed by atoms with Crippen LogP contribution in [-0.4, -0.2) is 51.9 Å². The largest absolute Gasteiger partial charge is 0.373 e. The van der Waals surface area contributed by atoms with Crippen molar-refractivity contribution in [3.8, 4) is 0 Å². The van der Waals surface area contributed by atoms with E-state index in [1.807, 2.05) is 21.1 Å². The Hall–Kier alpha value is -0.513. The van der Waals surface area contributed by atoms with Crippen LogP contribution in [0.1, 0.15) is 0 Å². The van der Waals surface area contributed by atoms with E-state index in [2.05, 4.69) is 41.1 Å². The van der Waals surface area contributed by atoms with Crippen molar-refractivity contribution in [3.05, 3.63) is 0 Å². The van der Waals surface area contributed by atoms with Gasteiger partial charge in [0.05, 0.1) is 0 Å². The summed E-state index contributed by atoms with van der Waals surface area (Å²) in [5.74, 6) is 1.06. The first kappa shape index (κ1) is 11.5. The monoisotopic (exact) mass is 187 g/mol. The molecule has 0 unspecified atom stereocenters. The summed E-state index contributed by atoms with van der Waals surface area (Å²) in [4.78, 5) is 6.31. The van der Waals surface area contributed by atoms with E-state index < -0.39 is 8.24 Å². The number of rotatable bonds is 1. The van der Waals surface area contributed by atoms with Crippen LogP contribution >= 0.6 is 0 Å². The Morgan fingerprint density at radius 3 is 1.58 bits per heavy atom. The van der Waals surface area contributed by atoms with Gasteiger partial charge >= 0.3 is 0 Å². The Morgan fingerprint density at radius 1 is 1.08 bits per heavy atom. The normalized spacial score (nSPS) is 13.1. The summed E-state index contributed by atoms with van der Waals surface area (Å²) in [6.07, 6.45) is 0. The summed E-state index contributed by atoms with van der Waals surface area (Å²) in [5.41, 5.74) is 0. The molecule has 0 N–H and O–H groups in total. The Morgan fingerprint density at radius 2 is 1.50 bits per heavy atom. The molecule has 0 aliphatic rings. The third-order valence-corrected chi connectivity index (χ3v) is 4.12. The van der Waals surface area contributed by atoms with Gasteiger partial charge in [-0.1, -0.05) is 19.6 Å². The van der Waals surface area contributed by atoms with Crippen LogP contribution in [0.2, 0.25) is 19.6 Å². The predicted octanol–water partition coefficient (Wildman–Crippen LogP) is 1.30. The van der Waals surface area contributed by atoms with Crippen LogP contribution in [0, 0.1) is 0 Å². The highest BCUT2D eigenvalue weighted by Crippen LogP contribution is 2.08. The van der Waals surface area contributed by atoms with Crippen LogP contribution in [0.15, 0.2) is 4.99 Å². The van der Waals surface area contributed by atoms with Crippen molar-refractivity contribution in [1.29, 1.82) is 0 Å². The highest BCUT2D eigenvalue weighted by Gasteiger charge is 2.23. The van der Waals surface area contributed by atoms with Gasteiger partial charge in [0.1, 0.15) is 0 Å². The fourth-order valence-corrected chi connectivity index (χ4v) is 1.85. The number of hydrogen-bond donors (Lipinski definition) is 0. The molecule has 0 saturated carbocycles. The lowest BCUT2D eigenvalue weighted by Crippen LogP contribution is -2.51. The molecule has 3 nitrogen and oxygen atoms in total. The van der Waals surface area contributed by atoms with Gasteiger partial charge < -0.3 is 9.47 Å². The van der Waals surface area contributed by atoms with Crippen molar-refractivity contribution < 1.29 is 0 Å². The lowest BCUT2D eigenvalue weighted by molar-refractivity contribution is 0.532. The van der Waals surface area contributed by atoms with Crippen molar-refractivity contribution >= 4 is 14.2 Å². The Balaban J connectivity index is 4.56. The average molecular weight is 187 g/mol. The first-order valence-electron chi connectivity index (χ1n) is 4.18. The van der Waals surface area contributed by atoms with E-state index in [9.17, 15) is 0 Å². The molecule has 0 heterocycles. The van der Waals surface area contributed by atoms with Gasteiger partial charge in [-0.3, -0.25) is 4.99 Å². The molecule has 0 fully saturated rings. The molecule has 0 saturated heterocycles. The third kappa shape index (κ3) is 2.85. The maximum atomic E-state index is 4.26. The van der Waals surface area contributed by atoms with Gasteiger partial charge in [-0.15, -0.1) is 0 Å². The maximum Gasteiger partial charge on any atom is 0.187 e. The number of guanidine groups is 1. The Labute approximate surface area is 77.2 Å². The second-order valence-corrected chi connectivity index (χ2v) is 9.16. The molecule has 0 aromatic heterocycles. The minimum absolute atomic E-state index is 1.06. The first-order chi connectivity index (χ1) is 5.30. The van der Waals surface area contributed by atoms with Crippen LogP contribution in [0.5, 0.6) is 0 Å². The molecule has 0 aliphatic heterocycles. The van der Waals surface area contributed by atoms with E-state index in [0.29, 0.717) is 0 Å². The fourth-order valence-electron chi connectivity index (χ4n) is 0.950. The number of nitrogens with zero attached hydrogens (tertiary/aromatic N) is 3. The molecule has 0 bridgehead atoms. The van der Waals surface area contributed by atoms with Crippen LogP contribution in [0.25, 0.3) is 0 Å². The van der Waals surface area contributed by atoms with E-state index in [-0.39, 0.29) is 0 Å². The number of hydrogen-bond acceptors (Lipinski definition) is 1. The highest BCUT2D eigenvalue weighted by molar-refractivity contribution is 6.75. The van der Waals surface area contributed by atoms with Crippen molar-refractivity contribution in [3.63, 3.8) is 0 Å². The molecule has 0 radical (unpaired) electrons. The highest BCUT2D eigenvalue weighted by atomic mass is 28.3. The van der Waals surface area contributed by atoms with Gasteiger partial charge in [0.2, 0.25) is 0 Å². The van der Waals surface area contributed by atoms with Crippen molar-refractivity contribution in [1.82, 2.24) is 9.47 Å². The van der Waals surface area contributed by atoms with E-state index in [4.69, 9.17) is 0 Å². The van der Waals surface area contributed by atoms with Crippen molar-refractivity contribution in [2.24, 2.45) is 4.99 Å². The molecule has 12 heavy (non-hydrogen) atoms. The summed E-state index contributed by atoms with van der Waals surface area (Å²) < 4.78 is 2.30. The maximum absolute atomic E-state index is 4.26. The van der Waals surface area contributed by atoms with Crippen LogP contribution in [-0.2, 0) is 0 Å². The Bertz CT molecular complexity index is 170. The average Bonchev–Trinajstić information content (AvgIpc) is 1.86. The molecular formula is C8H21N3Si. The first-order valence-corrected chi connectivity index (χ1v) is 7.63. The SMILES string of the molecule is CN=C(N(C)C)N(C)[Si](C)(C)C. The van der Waals surface area contributed by atoms with Gasteiger partial charge in [0, 0.05) is 28.2 Å². The molecule has 0 rings (SSSR count). The predicted molar refractivity (Wildman–Crippen MR) is 58.2 cm³/mol. The summed E-state index contributed by atoms with van der Waals surface area (Å²) in [7, 11) is 6.77. The molecular weight excluding hydrogens is 166 g/mol. The molecule has 0 amide bonds. The smallest absolute Gasteiger partial charge is 0.187 e. The minimum atomic E-state index is -1.25. The molecule has 0 aromatic carbocycles. The number of aliphatic imine (C=N–C) groups is 1.